The number of halogens is 3. The van der Waals surface area contributed by atoms with Crippen molar-refractivity contribution in [2.45, 2.75) is 36.1 Å². The molecule has 2 saturated heterocycles. The van der Waals surface area contributed by atoms with Crippen LogP contribution >= 0.6 is 0 Å². The van der Waals surface area contributed by atoms with Gasteiger partial charge in [-0.2, -0.15) is 13.2 Å². The second-order valence-corrected chi connectivity index (χ2v) is 8.43. The molecule has 0 radical (unpaired) electrons. The van der Waals surface area contributed by atoms with Crippen molar-refractivity contribution >= 4 is 15.9 Å². The monoisotopic (exact) mass is 422 g/mol. The average molecular weight is 422 g/mol. The number of ether oxygens (including phenoxy) is 2. The van der Waals surface area contributed by atoms with Crippen LogP contribution in [0.3, 0.4) is 0 Å². The third-order valence-electron chi connectivity index (χ3n) is 4.79. The van der Waals surface area contributed by atoms with Crippen molar-refractivity contribution in [3.05, 3.63) is 29.8 Å². The Labute approximate surface area is 160 Å². The molecule has 28 heavy (non-hydrogen) atoms. The number of hydrogen-bond donors (Lipinski definition) is 1. The van der Waals surface area contributed by atoms with Gasteiger partial charge in [-0.05, 0) is 18.2 Å². The molecule has 1 aromatic rings. The minimum atomic E-state index is -4.64. The number of nitrogens with one attached hydrogen (secondary N) is 1. The highest BCUT2D eigenvalue weighted by atomic mass is 32.2. The second-order valence-electron chi connectivity index (χ2n) is 6.66. The molecule has 156 valence electrons. The van der Waals surface area contributed by atoms with Crippen molar-refractivity contribution in [1.82, 2.24) is 9.62 Å². The fraction of sp³-hybridized carbons (Fsp3) is 0.588. The van der Waals surface area contributed by atoms with Crippen molar-refractivity contribution in [2.75, 3.05) is 32.8 Å². The number of nitrogens with zero attached hydrogens (tertiary/aromatic N) is 1. The lowest BCUT2D eigenvalue weighted by Crippen LogP contribution is -2.47. The van der Waals surface area contributed by atoms with Gasteiger partial charge in [0.1, 0.15) is 0 Å². The van der Waals surface area contributed by atoms with Crippen LogP contribution < -0.4 is 4.72 Å². The first-order chi connectivity index (χ1) is 13.1. The van der Waals surface area contributed by atoms with E-state index in [1.165, 1.54) is 0 Å². The van der Waals surface area contributed by atoms with E-state index in [9.17, 15) is 26.4 Å². The van der Waals surface area contributed by atoms with Gasteiger partial charge in [-0.1, -0.05) is 6.07 Å². The van der Waals surface area contributed by atoms with E-state index in [1.54, 1.807) is 4.90 Å². The Bertz CT molecular complexity index is 812. The highest BCUT2D eigenvalue weighted by molar-refractivity contribution is 7.89. The summed E-state index contributed by atoms with van der Waals surface area (Å²) in [5, 5.41) is 0. The molecule has 0 unspecified atom stereocenters. The first kappa shape index (κ1) is 21.0. The van der Waals surface area contributed by atoms with Crippen LogP contribution in [0.25, 0.3) is 0 Å². The normalized spacial score (nSPS) is 19.9. The number of likely N-dealkylation sites (tertiary alicyclic amines) is 1. The Kier molecular flexibility index (Phi) is 5.99. The summed E-state index contributed by atoms with van der Waals surface area (Å²) in [4.78, 5) is 13.4. The van der Waals surface area contributed by atoms with Gasteiger partial charge in [0.25, 0.3) is 0 Å². The first-order valence-electron chi connectivity index (χ1n) is 8.84. The summed E-state index contributed by atoms with van der Waals surface area (Å²) in [6.45, 7) is 1.75. The standard InChI is InChI=1S/C17H21F3N2O5S/c18-17(19,20)13-2-1-3-14(12-13)28(24,25)21-7-4-15(23)22-8-5-16(6-9-22)26-10-11-27-16/h1-3,12,21H,4-11H2. The number of alkyl halides is 3. The third kappa shape index (κ3) is 4.83. The lowest BCUT2D eigenvalue weighted by molar-refractivity contribution is -0.187. The molecule has 11 heteroatoms. The number of hydrogen-bond acceptors (Lipinski definition) is 5. The molecule has 1 spiro atoms. The molecular weight excluding hydrogens is 401 g/mol. The molecule has 1 amide bonds. The summed E-state index contributed by atoms with van der Waals surface area (Å²) >= 11 is 0. The summed E-state index contributed by atoms with van der Waals surface area (Å²) in [5.41, 5.74) is -1.05. The van der Waals surface area contributed by atoms with E-state index in [1.807, 2.05) is 0 Å². The highest BCUT2D eigenvalue weighted by Gasteiger charge is 2.40. The van der Waals surface area contributed by atoms with E-state index in [0.29, 0.717) is 45.2 Å². The van der Waals surface area contributed by atoms with Crippen LogP contribution in [-0.4, -0.2) is 57.9 Å². The zero-order chi connectivity index (χ0) is 20.4. The van der Waals surface area contributed by atoms with Crippen molar-refractivity contribution in [3.8, 4) is 0 Å². The predicted molar refractivity (Wildman–Crippen MR) is 91.7 cm³/mol. The Morgan fingerprint density at radius 2 is 1.82 bits per heavy atom. The van der Waals surface area contributed by atoms with Crippen LogP contribution in [0.2, 0.25) is 0 Å². The van der Waals surface area contributed by atoms with E-state index in [0.717, 1.165) is 18.2 Å². The maximum atomic E-state index is 12.7. The third-order valence-corrected chi connectivity index (χ3v) is 6.25. The summed E-state index contributed by atoms with van der Waals surface area (Å²) < 4.78 is 76.0. The highest BCUT2D eigenvalue weighted by Crippen LogP contribution is 2.32. The maximum absolute atomic E-state index is 12.7. The van der Waals surface area contributed by atoms with Gasteiger partial charge in [-0.15, -0.1) is 0 Å². The van der Waals surface area contributed by atoms with E-state index < -0.39 is 32.4 Å². The number of piperidine rings is 1. The number of benzene rings is 1. The fourth-order valence-corrected chi connectivity index (χ4v) is 4.33. The van der Waals surface area contributed by atoms with Crippen molar-refractivity contribution in [1.29, 1.82) is 0 Å². The molecule has 3 rings (SSSR count). The van der Waals surface area contributed by atoms with Gasteiger partial charge in [-0.25, -0.2) is 13.1 Å². The van der Waals surface area contributed by atoms with E-state index in [2.05, 4.69) is 4.72 Å². The predicted octanol–water partition coefficient (Wildman–Crippen LogP) is 1.74. The van der Waals surface area contributed by atoms with Crippen molar-refractivity contribution in [2.24, 2.45) is 0 Å². The number of carbonyl (C=O) groups is 1. The molecule has 1 N–H and O–H groups in total. The fourth-order valence-electron chi connectivity index (χ4n) is 3.26. The summed E-state index contributed by atoms with van der Waals surface area (Å²) in [6.07, 6.45) is -3.63. The Morgan fingerprint density at radius 3 is 2.43 bits per heavy atom. The van der Waals surface area contributed by atoms with Gasteiger partial charge in [0, 0.05) is 38.9 Å². The van der Waals surface area contributed by atoms with Gasteiger partial charge in [0.2, 0.25) is 15.9 Å². The van der Waals surface area contributed by atoms with Crippen LogP contribution in [0.1, 0.15) is 24.8 Å². The van der Waals surface area contributed by atoms with Crippen LogP contribution in [0.15, 0.2) is 29.2 Å². The number of rotatable bonds is 5. The Morgan fingerprint density at radius 1 is 1.18 bits per heavy atom. The number of sulfonamides is 1. The molecule has 2 fully saturated rings. The molecule has 0 atom stereocenters. The molecular formula is C17H21F3N2O5S. The Hall–Kier alpha value is -1.69. The number of amides is 1. The molecule has 0 aliphatic carbocycles. The van der Waals surface area contributed by atoms with Crippen molar-refractivity contribution < 1.29 is 35.9 Å². The minimum absolute atomic E-state index is 0.0904. The smallest absolute Gasteiger partial charge is 0.347 e. The van der Waals surface area contributed by atoms with E-state index in [-0.39, 0.29) is 18.9 Å². The molecule has 0 aromatic heterocycles. The second kappa shape index (κ2) is 7.97. The maximum Gasteiger partial charge on any atom is 0.416 e. The summed E-state index contributed by atoms with van der Waals surface area (Å²) in [6, 6.07) is 3.46. The van der Waals surface area contributed by atoms with E-state index >= 15 is 0 Å². The molecule has 7 nitrogen and oxygen atoms in total. The summed E-state index contributed by atoms with van der Waals surface area (Å²) in [5.74, 6) is -0.846. The molecule has 1 aromatic carbocycles. The molecule has 2 aliphatic heterocycles. The van der Waals surface area contributed by atoms with Gasteiger partial charge in [0.05, 0.1) is 23.7 Å². The van der Waals surface area contributed by atoms with Crippen LogP contribution in [-0.2, 0) is 30.5 Å². The summed E-state index contributed by atoms with van der Waals surface area (Å²) in [7, 11) is -4.15. The molecule has 0 saturated carbocycles. The molecule has 2 aliphatic rings. The zero-order valence-electron chi connectivity index (χ0n) is 15.0. The first-order valence-corrected chi connectivity index (χ1v) is 10.3. The van der Waals surface area contributed by atoms with Crippen LogP contribution in [0.4, 0.5) is 13.2 Å². The van der Waals surface area contributed by atoms with E-state index in [4.69, 9.17) is 9.47 Å². The van der Waals surface area contributed by atoms with Crippen LogP contribution in [0.5, 0.6) is 0 Å². The largest absolute Gasteiger partial charge is 0.416 e. The van der Waals surface area contributed by atoms with Gasteiger partial charge < -0.3 is 14.4 Å². The topological polar surface area (TPSA) is 84.9 Å². The number of carbonyl (C=O) groups excluding carboxylic acids is 1. The SMILES string of the molecule is O=C(CCNS(=O)(=O)c1cccc(C(F)(F)F)c1)N1CCC2(CC1)OCCO2. The molecule has 2 heterocycles. The average Bonchev–Trinajstić information content (AvgIpc) is 3.09. The minimum Gasteiger partial charge on any atom is -0.347 e. The zero-order valence-corrected chi connectivity index (χ0v) is 15.8. The van der Waals surface area contributed by atoms with Gasteiger partial charge in [-0.3, -0.25) is 4.79 Å². The quantitative estimate of drug-likeness (QED) is 0.782. The molecule has 0 bridgehead atoms. The lowest BCUT2D eigenvalue weighted by Gasteiger charge is -2.37. The lowest BCUT2D eigenvalue weighted by atomic mass is 10.0. The van der Waals surface area contributed by atoms with Crippen LogP contribution in [0, 0.1) is 0 Å². The van der Waals surface area contributed by atoms with Gasteiger partial charge >= 0.3 is 6.18 Å². The Balaban J connectivity index is 1.51. The van der Waals surface area contributed by atoms with Crippen molar-refractivity contribution in [3.63, 3.8) is 0 Å². The van der Waals surface area contributed by atoms with Gasteiger partial charge in [0.15, 0.2) is 5.79 Å².